The first-order valence-corrected chi connectivity index (χ1v) is 7.76. The van der Waals surface area contributed by atoms with Crippen LogP contribution in [0, 0.1) is 0 Å². The van der Waals surface area contributed by atoms with Gasteiger partial charge in [0.25, 0.3) is 0 Å². The Morgan fingerprint density at radius 1 is 1.24 bits per heavy atom. The number of carbonyl (C=O) groups is 1. The first-order valence-electron chi connectivity index (χ1n) is 6.27. The average Bonchev–Trinajstić information content (AvgIpc) is 2.43. The van der Waals surface area contributed by atoms with Crippen molar-refractivity contribution in [1.82, 2.24) is 10.0 Å². The molecule has 0 aliphatic heterocycles. The summed E-state index contributed by atoms with van der Waals surface area (Å²) < 4.78 is 31.4. The normalized spacial score (nSPS) is 11.0. The summed E-state index contributed by atoms with van der Waals surface area (Å²) in [5.74, 6) is -0.164. The predicted molar refractivity (Wildman–Crippen MR) is 83.6 cm³/mol. The van der Waals surface area contributed by atoms with Crippen LogP contribution in [-0.4, -0.2) is 47.6 Å². The lowest BCUT2D eigenvalue weighted by molar-refractivity contribution is 0.101. The molecule has 1 aromatic carbocycles. The van der Waals surface area contributed by atoms with E-state index in [2.05, 4.69) is 10.0 Å². The van der Waals surface area contributed by atoms with Gasteiger partial charge in [0.1, 0.15) is 0 Å². The van der Waals surface area contributed by atoms with Crippen molar-refractivity contribution in [2.45, 2.75) is 11.8 Å². The van der Waals surface area contributed by atoms with Gasteiger partial charge in [0.2, 0.25) is 10.0 Å². The number of rotatable bonds is 9. The number of carbonyl (C=O) groups excluding carboxylic acids is 1. The molecule has 0 aliphatic rings. The highest BCUT2D eigenvalue weighted by Gasteiger charge is 2.14. The molecule has 0 spiro atoms. The summed E-state index contributed by atoms with van der Waals surface area (Å²) in [4.78, 5) is 11.3. The predicted octanol–water partition coefficient (Wildman–Crippen LogP) is 0.825. The fourth-order valence-corrected chi connectivity index (χ4v) is 2.62. The Morgan fingerprint density at radius 2 is 1.95 bits per heavy atom. The summed E-state index contributed by atoms with van der Waals surface area (Å²) in [5, 5.41) is 3.03. The van der Waals surface area contributed by atoms with Crippen molar-refractivity contribution in [3.63, 3.8) is 0 Å². The van der Waals surface area contributed by atoms with Crippen LogP contribution in [0.1, 0.15) is 17.3 Å². The van der Waals surface area contributed by atoms with Gasteiger partial charge < -0.3 is 10.1 Å². The lowest BCUT2D eigenvalue weighted by Gasteiger charge is -2.08. The maximum Gasteiger partial charge on any atom is 0.240 e. The van der Waals surface area contributed by atoms with Crippen LogP contribution in [-0.2, 0) is 14.8 Å². The smallest absolute Gasteiger partial charge is 0.240 e. The molecule has 0 saturated carbocycles. The SMILES string of the molecule is COCCNCCNS(=O)(=O)c1cccc(C(C)=O)c1.Cl. The second-order valence-electron chi connectivity index (χ2n) is 4.22. The fourth-order valence-electron chi connectivity index (χ4n) is 1.54. The number of sulfonamides is 1. The van der Waals surface area contributed by atoms with E-state index in [1.807, 2.05) is 0 Å². The molecule has 0 amide bonds. The van der Waals surface area contributed by atoms with Gasteiger partial charge in [-0.15, -0.1) is 12.4 Å². The quantitative estimate of drug-likeness (QED) is 0.515. The molecular formula is C13H21ClN2O4S. The molecule has 120 valence electrons. The van der Waals surface area contributed by atoms with E-state index < -0.39 is 10.0 Å². The lowest BCUT2D eigenvalue weighted by atomic mass is 10.2. The number of Topliss-reactive ketones (excluding diaryl/α,β-unsaturated/α-hetero) is 1. The first kappa shape index (κ1) is 20.0. The molecule has 1 aromatic rings. The summed E-state index contributed by atoms with van der Waals surface area (Å²) >= 11 is 0. The highest BCUT2D eigenvalue weighted by Crippen LogP contribution is 2.11. The highest BCUT2D eigenvalue weighted by atomic mass is 35.5. The van der Waals surface area contributed by atoms with Crippen LogP contribution in [0.15, 0.2) is 29.2 Å². The largest absolute Gasteiger partial charge is 0.383 e. The molecular weight excluding hydrogens is 316 g/mol. The summed E-state index contributed by atoms with van der Waals surface area (Å²) in [7, 11) is -1.98. The van der Waals surface area contributed by atoms with Gasteiger partial charge in [-0.05, 0) is 19.1 Å². The van der Waals surface area contributed by atoms with Gasteiger partial charge in [0, 0.05) is 32.3 Å². The minimum Gasteiger partial charge on any atom is -0.383 e. The van der Waals surface area contributed by atoms with E-state index in [9.17, 15) is 13.2 Å². The van der Waals surface area contributed by atoms with Crippen molar-refractivity contribution >= 4 is 28.2 Å². The molecule has 0 aliphatic carbocycles. The van der Waals surface area contributed by atoms with Crippen molar-refractivity contribution < 1.29 is 17.9 Å². The Hall–Kier alpha value is -0.990. The van der Waals surface area contributed by atoms with Crippen LogP contribution < -0.4 is 10.0 Å². The van der Waals surface area contributed by atoms with Crippen molar-refractivity contribution in [3.05, 3.63) is 29.8 Å². The van der Waals surface area contributed by atoms with Gasteiger partial charge in [-0.1, -0.05) is 12.1 Å². The van der Waals surface area contributed by atoms with Crippen LogP contribution >= 0.6 is 12.4 Å². The summed E-state index contributed by atoms with van der Waals surface area (Å²) in [5.41, 5.74) is 0.381. The van der Waals surface area contributed by atoms with E-state index >= 15 is 0 Å². The van der Waals surface area contributed by atoms with E-state index in [4.69, 9.17) is 4.74 Å². The van der Waals surface area contributed by atoms with Crippen LogP contribution in [0.4, 0.5) is 0 Å². The summed E-state index contributed by atoms with van der Waals surface area (Å²) in [6.45, 7) is 3.43. The second-order valence-corrected chi connectivity index (χ2v) is 5.99. The van der Waals surface area contributed by atoms with Crippen molar-refractivity contribution in [3.8, 4) is 0 Å². The number of nitrogens with one attached hydrogen (secondary N) is 2. The molecule has 0 saturated heterocycles. The number of halogens is 1. The molecule has 0 heterocycles. The Morgan fingerprint density at radius 3 is 2.57 bits per heavy atom. The maximum atomic E-state index is 12.0. The van der Waals surface area contributed by atoms with Crippen molar-refractivity contribution in [1.29, 1.82) is 0 Å². The molecule has 0 radical (unpaired) electrons. The molecule has 2 N–H and O–H groups in total. The number of ketones is 1. The Bertz CT molecular complexity index is 549. The van der Waals surface area contributed by atoms with E-state index in [0.29, 0.717) is 25.3 Å². The van der Waals surface area contributed by atoms with Crippen LogP contribution in [0.5, 0.6) is 0 Å². The average molecular weight is 337 g/mol. The van der Waals surface area contributed by atoms with Crippen LogP contribution in [0.25, 0.3) is 0 Å². The first-order chi connectivity index (χ1) is 9.47. The van der Waals surface area contributed by atoms with E-state index in [1.54, 1.807) is 19.2 Å². The highest BCUT2D eigenvalue weighted by molar-refractivity contribution is 7.89. The Kier molecular flexibility index (Phi) is 9.39. The Labute approximate surface area is 131 Å². The molecule has 8 heteroatoms. The second kappa shape index (κ2) is 9.86. The number of methoxy groups -OCH3 is 1. The zero-order chi connectivity index (χ0) is 15.0. The number of ether oxygens (including phenoxy) is 1. The molecule has 21 heavy (non-hydrogen) atoms. The lowest BCUT2D eigenvalue weighted by Crippen LogP contribution is -2.33. The Balaban J connectivity index is 0.00000400. The number of hydrogen-bond donors (Lipinski definition) is 2. The molecule has 0 aromatic heterocycles. The third-order valence-corrected chi connectivity index (χ3v) is 4.09. The van der Waals surface area contributed by atoms with Gasteiger partial charge in [0.15, 0.2) is 5.78 Å². The van der Waals surface area contributed by atoms with Crippen LogP contribution in [0.2, 0.25) is 0 Å². The molecule has 0 fully saturated rings. The van der Waals surface area contributed by atoms with Gasteiger partial charge in [-0.25, -0.2) is 13.1 Å². The van der Waals surface area contributed by atoms with E-state index in [-0.39, 0.29) is 29.6 Å². The molecule has 1 rings (SSSR count). The number of hydrogen-bond acceptors (Lipinski definition) is 5. The minimum absolute atomic E-state index is 0. The van der Waals surface area contributed by atoms with Crippen LogP contribution in [0.3, 0.4) is 0 Å². The fraction of sp³-hybridized carbons (Fsp3) is 0.462. The third kappa shape index (κ3) is 7.01. The molecule has 0 bridgehead atoms. The van der Waals surface area contributed by atoms with Gasteiger partial charge in [0.05, 0.1) is 11.5 Å². The van der Waals surface area contributed by atoms with Gasteiger partial charge in [-0.2, -0.15) is 0 Å². The molecule has 0 unspecified atom stereocenters. The number of benzene rings is 1. The molecule has 0 atom stereocenters. The van der Waals surface area contributed by atoms with Crippen molar-refractivity contribution in [2.24, 2.45) is 0 Å². The van der Waals surface area contributed by atoms with E-state index in [0.717, 1.165) is 0 Å². The monoisotopic (exact) mass is 336 g/mol. The topological polar surface area (TPSA) is 84.5 Å². The van der Waals surface area contributed by atoms with E-state index in [1.165, 1.54) is 19.1 Å². The zero-order valence-electron chi connectivity index (χ0n) is 12.1. The maximum absolute atomic E-state index is 12.0. The van der Waals surface area contributed by atoms with Gasteiger partial charge >= 0.3 is 0 Å². The minimum atomic E-state index is -3.58. The third-order valence-electron chi connectivity index (χ3n) is 2.63. The standard InChI is InChI=1S/C13H20N2O4S.ClH/c1-11(16)12-4-3-5-13(10-12)20(17,18)15-7-6-14-8-9-19-2;/h3-5,10,14-15H,6-9H2,1-2H3;1H. The summed E-state index contributed by atoms with van der Waals surface area (Å²) in [6.07, 6.45) is 0. The molecule has 6 nitrogen and oxygen atoms in total. The summed E-state index contributed by atoms with van der Waals surface area (Å²) in [6, 6.07) is 5.99. The van der Waals surface area contributed by atoms with Crippen molar-refractivity contribution in [2.75, 3.05) is 33.4 Å². The van der Waals surface area contributed by atoms with Gasteiger partial charge in [-0.3, -0.25) is 4.79 Å². The zero-order valence-corrected chi connectivity index (χ0v) is 13.7.